The third-order valence-corrected chi connectivity index (χ3v) is 4.95. The average Bonchev–Trinajstić information content (AvgIpc) is 2.34. The van der Waals surface area contributed by atoms with E-state index in [1.807, 2.05) is 37.3 Å². The molecular weight excluding hydrogens is 296 g/mol. The minimum atomic E-state index is -1.06. The quantitative estimate of drug-likeness (QED) is 0.681. The van der Waals surface area contributed by atoms with E-state index in [4.69, 9.17) is 0 Å². The van der Waals surface area contributed by atoms with E-state index >= 15 is 0 Å². The molecule has 0 aliphatic carbocycles. The molecule has 0 saturated heterocycles. The molecule has 0 fully saturated rings. The van der Waals surface area contributed by atoms with E-state index in [1.165, 1.54) is 18.4 Å². The van der Waals surface area contributed by atoms with E-state index < -0.39 is 10.8 Å². The lowest BCUT2D eigenvalue weighted by molar-refractivity contribution is 0.687. The summed E-state index contributed by atoms with van der Waals surface area (Å²) in [5.74, 6) is 0. The summed E-state index contributed by atoms with van der Waals surface area (Å²) < 4.78 is 12.9. The van der Waals surface area contributed by atoms with Crippen LogP contribution in [0.1, 0.15) is 38.2 Å². The molecule has 0 aliphatic heterocycles. The number of benzene rings is 1. The van der Waals surface area contributed by atoms with Gasteiger partial charge in [0.25, 0.3) is 0 Å². The van der Waals surface area contributed by atoms with Gasteiger partial charge in [-0.1, -0.05) is 43.5 Å². The topological polar surface area (TPSA) is 17.1 Å². The lowest BCUT2D eigenvalue weighted by atomic mass is 10.2. The molecule has 17 heavy (non-hydrogen) atoms. The highest BCUT2D eigenvalue weighted by Crippen LogP contribution is 2.21. The maximum absolute atomic E-state index is 12.1. The van der Waals surface area contributed by atoms with Gasteiger partial charge in [-0.3, -0.25) is 0 Å². The zero-order chi connectivity index (χ0) is 12.7. The molecule has 1 unspecified atom stereocenters. The van der Waals surface area contributed by atoms with E-state index in [1.54, 1.807) is 0 Å². The third-order valence-electron chi connectivity index (χ3n) is 2.52. The second-order valence-corrected chi connectivity index (χ2v) is 6.91. The molecular formula is C14H19BrOS. The normalized spacial score (nSPS) is 13.7. The van der Waals surface area contributed by atoms with Crippen LogP contribution < -0.4 is 0 Å². The minimum Gasteiger partial charge on any atom is -0.249 e. The third kappa shape index (κ3) is 5.17. The van der Waals surface area contributed by atoms with Crippen molar-refractivity contribution in [3.05, 3.63) is 39.7 Å². The van der Waals surface area contributed by atoms with Crippen LogP contribution in [0.25, 0.3) is 0 Å². The first-order valence-corrected chi connectivity index (χ1v) is 7.93. The summed E-state index contributed by atoms with van der Waals surface area (Å²) in [7, 11) is -1.06. The van der Waals surface area contributed by atoms with E-state index in [9.17, 15) is 4.21 Å². The van der Waals surface area contributed by atoms with E-state index in [-0.39, 0.29) is 0 Å². The number of unbranched alkanes of at least 4 members (excludes halogenated alkanes) is 3. The highest BCUT2D eigenvalue weighted by Gasteiger charge is 2.06. The number of aryl methyl sites for hydroxylation is 1. The van der Waals surface area contributed by atoms with Crippen LogP contribution in [0.2, 0.25) is 0 Å². The Bertz CT molecular complexity index is 395. The van der Waals surface area contributed by atoms with Crippen molar-refractivity contribution in [2.24, 2.45) is 0 Å². The van der Waals surface area contributed by atoms with Crippen LogP contribution in [0.5, 0.6) is 0 Å². The number of rotatable bonds is 6. The molecule has 0 bridgehead atoms. The van der Waals surface area contributed by atoms with Gasteiger partial charge in [0.1, 0.15) is 0 Å². The molecule has 0 amide bonds. The van der Waals surface area contributed by atoms with Crippen LogP contribution in [0.15, 0.2) is 39.1 Å². The number of hydrogen-bond acceptors (Lipinski definition) is 1. The first kappa shape index (κ1) is 14.7. The van der Waals surface area contributed by atoms with Gasteiger partial charge in [-0.05, 0) is 47.8 Å². The van der Waals surface area contributed by atoms with E-state index in [2.05, 4.69) is 22.9 Å². The smallest absolute Gasteiger partial charge is 0.0917 e. The molecule has 1 nitrogen and oxygen atoms in total. The summed E-state index contributed by atoms with van der Waals surface area (Å²) in [5.41, 5.74) is 1.19. The Kier molecular flexibility index (Phi) is 6.75. The molecule has 1 atom stereocenters. The Morgan fingerprint density at radius 1 is 1.29 bits per heavy atom. The summed E-state index contributed by atoms with van der Waals surface area (Å²) in [6.07, 6.45) is 6.63. The van der Waals surface area contributed by atoms with Crippen LogP contribution in [0, 0.1) is 6.92 Å². The number of hydrogen-bond donors (Lipinski definition) is 0. The minimum absolute atomic E-state index is 0.789. The predicted octanol–water partition coefficient (Wildman–Crippen LogP) is 4.92. The van der Waals surface area contributed by atoms with Gasteiger partial charge < -0.3 is 0 Å². The van der Waals surface area contributed by atoms with Gasteiger partial charge in [0.15, 0.2) is 0 Å². The predicted molar refractivity (Wildman–Crippen MR) is 78.7 cm³/mol. The highest BCUT2D eigenvalue weighted by molar-refractivity contribution is 9.13. The van der Waals surface area contributed by atoms with Gasteiger partial charge in [0.05, 0.1) is 14.6 Å². The molecule has 1 aromatic rings. The fourth-order valence-corrected chi connectivity index (χ4v) is 3.13. The fraction of sp³-hybridized carbons (Fsp3) is 0.429. The average molecular weight is 315 g/mol. The molecule has 0 N–H and O–H groups in total. The standard InChI is InChI=1S/C14H19BrOS/c1-3-4-5-6-7-14(15)17(16)13-10-8-12(2)9-11-13/h7-11H,3-6H2,1-2H3/b14-7-. The fourth-order valence-electron chi connectivity index (χ4n) is 1.46. The largest absolute Gasteiger partial charge is 0.249 e. The van der Waals surface area contributed by atoms with Crippen molar-refractivity contribution in [2.75, 3.05) is 0 Å². The number of allylic oxidation sites excluding steroid dienone is 1. The molecule has 0 saturated carbocycles. The van der Waals surface area contributed by atoms with Gasteiger partial charge >= 0.3 is 0 Å². The lowest BCUT2D eigenvalue weighted by Crippen LogP contribution is -1.91. The van der Waals surface area contributed by atoms with Gasteiger partial charge in [-0.25, -0.2) is 4.21 Å². The van der Waals surface area contributed by atoms with Crippen molar-refractivity contribution in [2.45, 2.75) is 44.4 Å². The molecule has 0 spiro atoms. The Morgan fingerprint density at radius 2 is 1.94 bits per heavy atom. The van der Waals surface area contributed by atoms with Gasteiger partial charge in [0.2, 0.25) is 0 Å². The second kappa shape index (κ2) is 7.83. The van der Waals surface area contributed by atoms with Gasteiger partial charge in [-0.15, -0.1) is 0 Å². The molecule has 1 rings (SSSR count). The maximum atomic E-state index is 12.1. The Hall–Kier alpha value is -0.410. The van der Waals surface area contributed by atoms with E-state index in [0.717, 1.165) is 21.6 Å². The highest BCUT2D eigenvalue weighted by atomic mass is 79.9. The molecule has 0 radical (unpaired) electrons. The van der Waals surface area contributed by atoms with Crippen molar-refractivity contribution in [1.82, 2.24) is 0 Å². The van der Waals surface area contributed by atoms with Crippen molar-refractivity contribution >= 4 is 26.7 Å². The molecule has 0 heterocycles. The first-order valence-electron chi connectivity index (χ1n) is 5.99. The zero-order valence-corrected chi connectivity index (χ0v) is 12.8. The summed E-state index contributed by atoms with van der Waals surface area (Å²) in [5, 5.41) is 0. The summed E-state index contributed by atoms with van der Waals surface area (Å²) in [4.78, 5) is 0.856. The van der Waals surface area contributed by atoms with Crippen LogP contribution in [0.3, 0.4) is 0 Å². The first-order chi connectivity index (χ1) is 8.15. The van der Waals surface area contributed by atoms with Crippen LogP contribution in [0.4, 0.5) is 0 Å². The molecule has 0 aliphatic rings. The molecule has 1 aromatic carbocycles. The van der Waals surface area contributed by atoms with Crippen LogP contribution in [-0.2, 0) is 10.8 Å². The summed E-state index contributed by atoms with van der Waals surface area (Å²) in [6, 6.07) is 7.83. The van der Waals surface area contributed by atoms with E-state index in [0.29, 0.717) is 0 Å². The van der Waals surface area contributed by atoms with Crippen molar-refractivity contribution < 1.29 is 4.21 Å². The SMILES string of the molecule is CCCCC/C=C(/Br)S(=O)c1ccc(C)cc1. The maximum Gasteiger partial charge on any atom is 0.0917 e. The Labute approximate surface area is 115 Å². The second-order valence-electron chi connectivity index (χ2n) is 4.09. The van der Waals surface area contributed by atoms with Gasteiger partial charge in [-0.2, -0.15) is 0 Å². The molecule has 3 heteroatoms. The van der Waals surface area contributed by atoms with Crippen molar-refractivity contribution in [3.63, 3.8) is 0 Å². The van der Waals surface area contributed by atoms with Crippen LogP contribution >= 0.6 is 15.9 Å². The lowest BCUT2D eigenvalue weighted by Gasteiger charge is -2.02. The Morgan fingerprint density at radius 3 is 2.53 bits per heavy atom. The van der Waals surface area contributed by atoms with Crippen molar-refractivity contribution in [3.8, 4) is 0 Å². The summed E-state index contributed by atoms with van der Waals surface area (Å²) >= 11 is 3.41. The van der Waals surface area contributed by atoms with Crippen molar-refractivity contribution in [1.29, 1.82) is 0 Å². The summed E-state index contributed by atoms with van der Waals surface area (Å²) in [6.45, 7) is 4.21. The monoisotopic (exact) mass is 314 g/mol. The van der Waals surface area contributed by atoms with Gasteiger partial charge in [0, 0.05) is 4.90 Å². The Balaban J connectivity index is 2.60. The van der Waals surface area contributed by atoms with Crippen LogP contribution in [-0.4, -0.2) is 4.21 Å². The molecule has 0 aromatic heterocycles. The zero-order valence-electron chi connectivity index (χ0n) is 10.4. The number of halogens is 1. The molecule has 94 valence electrons.